The van der Waals surface area contributed by atoms with E-state index in [9.17, 15) is 4.79 Å². The molecule has 1 aliphatic heterocycles. The highest BCUT2D eigenvalue weighted by atomic mass is 16.5. The summed E-state index contributed by atoms with van der Waals surface area (Å²) < 4.78 is 5.39. The van der Waals surface area contributed by atoms with Crippen LogP contribution >= 0.6 is 0 Å². The molecule has 1 fully saturated rings. The third-order valence-corrected chi connectivity index (χ3v) is 3.34. The summed E-state index contributed by atoms with van der Waals surface area (Å²) in [6.07, 6.45) is 5.94. The van der Waals surface area contributed by atoms with Crippen LogP contribution in [0.3, 0.4) is 0 Å². The van der Waals surface area contributed by atoms with Crippen LogP contribution in [0.15, 0.2) is 12.4 Å². The van der Waals surface area contributed by atoms with Gasteiger partial charge < -0.3 is 19.7 Å². The second kappa shape index (κ2) is 7.25. The number of aromatic amines is 1. The number of imidazole rings is 1. The van der Waals surface area contributed by atoms with Crippen LogP contribution in [0.1, 0.15) is 25.1 Å². The number of ether oxygens (including phenoxy) is 1. The molecule has 2 rings (SSSR count). The highest BCUT2D eigenvalue weighted by Gasteiger charge is 2.21. The Bertz CT molecular complexity index is 374. The Morgan fingerprint density at radius 3 is 3.16 bits per heavy atom. The van der Waals surface area contributed by atoms with Gasteiger partial charge in [-0.15, -0.1) is 0 Å². The van der Waals surface area contributed by atoms with Crippen molar-refractivity contribution in [3.8, 4) is 0 Å². The van der Waals surface area contributed by atoms with E-state index in [1.807, 2.05) is 0 Å². The number of hydrogen-bond donors (Lipinski definition) is 2. The quantitative estimate of drug-likeness (QED) is 0.789. The molecular weight excluding hydrogens is 246 g/mol. The van der Waals surface area contributed by atoms with Gasteiger partial charge in [0, 0.05) is 38.6 Å². The first-order chi connectivity index (χ1) is 9.29. The Hall–Kier alpha value is -1.40. The lowest BCUT2D eigenvalue weighted by Gasteiger charge is -2.26. The lowest BCUT2D eigenvalue weighted by atomic mass is 9.98. The molecule has 1 atom stereocenters. The number of amides is 1. The molecule has 0 radical (unpaired) electrons. The highest BCUT2D eigenvalue weighted by molar-refractivity contribution is 5.76. The normalized spacial score (nSPS) is 19.3. The predicted octanol–water partition coefficient (Wildman–Crippen LogP) is 0.547. The Kier molecular flexibility index (Phi) is 5.35. The zero-order valence-corrected chi connectivity index (χ0v) is 11.0. The first-order valence-corrected chi connectivity index (χ1v) is 6.74. The molecule has 0 saturated carbocycles. The van der Waals surface area contributed by atoms with Gasteiger partial charge in [-0.1, -0.05) is 0 Å². The lowest BCUT2D eigenvalue weighted by molar-refractivity contribution is -0.134. The van der Waals surface area contributed by atoms with Gasteiger partial charge in [-0.05, 0) is 18.8 Å². The summed E-state index contributed by atoms with van der Waals surface area (Å²) in [7, 11) is 0. The van der Waals surface area contributed by atoms with E-state index in [1.165, 1.54) is 0 Å². The van der Waals surface area contributed by atoms with E-state index in [2.05, 4.69) is 9.97 Å². The monoisotopic (exact) mass is 267 g/mol. The minimum atomic E-state index is -0.0341. The molecule has 1 aromatic heterocycles. The molecule has 6 heteroatoms. The zero-order chi connectivity index (χ0) is 13.5. The van der Waals surface area contributed by atoms with Crippen molar-refractivity contribution >= 4 is 5.91 Å². The number of nitrogens with zero attached hydrogens (tertiary/aromatic N) is 2. The van der Waals surface area contributed by atoms with Gasteiger partial charge in [0.1, 0.15) is 5.82 Å². The van der Waals surface area contributed by atoms with Crippen molar-refractivity contribution in [3.05, 3.63) is 18.2 Å². The summed E-state index contributed by atoms with van der Waals surface area (Å²) in [4.78, 5) is 21.0. The van der Waals surface area contributed by atoms with E-state index < -0.39 is 0 Å². The van der Waals surface area contributed by atoms with Crippen LogP contribution in [0.2, 0.25) is 0 Å². The standard InChI is InChI=1S/C13H21N3O3/c17-6-5-16(9-12-14-3-4-15-12)13(18)8-11-2-1-7-19-10-11/h3-4,11,17H,1-2,5-10H2,(H,14,15). The van der Waals surface area contributed by atoms with Gasteiger partial charge in [-0.25, -0.2) is 4.98 Å². The molecule has 0 spiro atoms. The maximum atomic E-state index is 12.2. The van der Waals surface area contributed by atoms with E-state index in [1.54, 1.807) is 17.3 Å². The molecule has 1 saturated heterocycles. The number of carbonyl (C=O) groups excluding carboxylic acids is 1. The van der Waals surface area contributed by atoms with Crippen molar-refractivity contribution in [2.24, 2.45) is 5.92 Å². The Labute approximate surface area is 112 Å². The summed E-state index contributed by atoms with van der Waals surface area (Å²) in [6.45, 7) is 2.19. The Balaban J connectivity index is 1.87. The molecule has 1 aromatic rings. The van der Waals surface area contributed by atoms with Crippen molar-refractivity contribution in [3.63, 3.8) is 0 Å². The number of aliphatic hydroxyl groups excluding tert-OH is 1. The summed E-state index contributed by atoms with van der Waals surface area (Å²) in [5, 5.41) is 9.07. The molecule has 6 nitrogen and oxygen atoms in total. The van der Waals surface area contributed by atoms with Crippen LogP contribution in [0.5, 0.6) is 0 Å². The minimum Gasteiger partial charge on any atom is -0.395 e. The first kappa shape index (κ1) is 14.0. The van der Waals surface area contributed by atoms with Crippen molar-refractivity contribution in [2.75, 3.05) is 26.4 Å². The van der Waals surface area contributed by atoms with E-state index in [0.29, 0.717) is 32.0 Å². The summed E-state index contributed by atoms with van der Waals surface area (Å²) in [5.74, 6) is 1.10. The maximum absolute atomic E-state index is 12.2. The number of nitrogens with one attached hydrogen (secondary N) is 1. The number of carbonyl (C=O) groups is 1. The second-order valence-electron chi connectivity index (χ2n) is 4.86. The Morgan fingerprint density at radius 1 is 1.63 bits per heavy atom. The summed E-state index contributed by atoms with van der Waals surface area (Å²) in [6, 6.07) is 0. The van der Waals surface area contributed by atoms with Crippen LogP contribution in [-0.2, 0) is 16.1 Å². The van der Waals surface area contributed by atoms with Gasteiger partial charge in [0.2, 0.25) is 5.91 Å². The number of hydrogen-bond acceptors (Lipinski definition) is 4. The predicted molar refractivity (Wildman–Crippen MR) is 69.3 cm³/mol. The third kappa shape index (κ3) is 4.33. The molecule has 1 amide bonds. The second-order valence-corrected chi connectivity index (χ2v) is 4.86. The number of rotatable bonds is 6. The van der Waals surface area contributed by atoms with E-state index in [0.717, 1.165) is 25.3 Å². The van der Waals surface area contributed by atoms with Crippen LogP contribution in [0, 0.1) is 5.92 Å². The van der Waals surface area contributed by atoms with Gasteiger partial charge in [0.15, 0.2) is 0 Å². The molecule has 106 valence electrons. The first-order valence-electron chi connectivity index (χ1n) is 6.74. The van der Waals surface area contributed by atoms with Gasteiger partial charge >= 0.3 is 0 Å². The number of aliphatic hydroxyl groups is 1. The average Bonchev–Trinajstić information content (AvgIpc) is 2.92. The molecule has 0 aliphatic carbocycles. The van der Waals surface area contributed by atoms with Crippen molar-refractivity contribution in [1.29, 1.82) is 0 Å². The van der Waals surface area contributed by atoms with Gasteiger partial charge in [-0.2, -0.15) is 0 Å². The fourth-order valence-corrected chi connectivity index (χ4v) is 2.32. The van der Waals surface area contributed by atoms with Crippen LogP contribution in [0.25, 0.3) is 0 Å². The third-order valence-electron chi connectivity index (χ3n) is 3.34. The maximum Gasteiger partial charge on any atom is 0.223 e. The average molecular weight is 267 g/mol. The van der Waals surface area contributed by atoms with Crippen LogP contribution in [0.4, 0.5) is 0 Å². The van der Waals surface area contributed by atoms with Crippen LogP contribution in [-0.4, -0.2) is 52.2 Å². The van der Waals surface area contributed by atoms with Gasteiger partial charge in [0.25, 0.3) is 0 Å². The number of H-pyrrole nitrogens is 1. The molecule has 19 heavy (non-hydrogen) atoms. The molecular formula is C13H21N3O3. The highest BCUT2D eigenvalue weighted by Crippen LogP contribution is 2.18. The van der Waals surface area contributed by atoms with E-state index in [4.69, 9.17) is 9.84 Å². The lowest BCUT2D eigenvalue weighted by Crippen LogP contribution is -2.35. The topological polar surface area (TPSA) is 78.4 Å². The largest absolute Gasteiger partial charge is 0.395 e. The van der Waals surface area contributed by atoms with Crippen molar-refractivity contribution in [1.82, 2.24) is 14.9 Å². The summed E-state index contributed by atoms with van der Waals surface area (Å²) >= 11 is 0. The van der Waals surface area contributed by atoms with Crippen molar-refractivity contribution in [2.45, 2.75) is 25.8 Å². The zero-order valence-electron chi connectivity index (χ0n) is 11.0. The number of aromatic nitrogens is 2. The van der Waals surface area contributed by atoms with Crippen LogP contribution < -0.4 is 0 Å². The minimum absolute atomic E-state index is 0.0341. The summed E-state index contributed by atoms with van der Waals surface area (Å²) in [5.41, 5.74) is 0. The van der Waals surface area contributed by atoms with Gasteiger partial charge in [0.05, 0.1) is 13.2 Å². The molecule has 0 aromatic carbocycles. The van der Waals surface area contributed by atoms with Crippen molar-refractivity contribution < 1.29 is 14.6 Å². The molecule has 0 bridgehead atoms. The molecule has 1 aliphatic rings. The molecule has 1 unspecified atom stereocenters. The SMILES string of the molecule is O=C(CC1CCCOC1)N(CCO)Cc1ncc[nH]1. The molecule has 2 heterocycles. The van der Waals surface area contributed by atoms with E-state index >= 15 is 0 Å². The fourth-order valence-electron chi connectivity index (χ4n) is 2.32. The molecule has 2 N–H and O–H groups in total. The Morgan fingerprint density at radius 2 is 2.53 bits per heavy atom. The smallest absolute Gasteiger partial charge is 0.223 e. The van der Waals surface area contributed by atoms with Gasteiger partial charge in [-0.3, -0.25) is 4.79 Å². The fraction of sp³-hybridized carbons (Fsp3) is 0.692. The van der Waals surface area contributed by atoms with E-state index in [-0.39, 0.29) is 12.5 Å².